The first-order valence-electron chi connectivity index (χ1n) is 6.84. The highest BCUT2D eigenvalue weighted by Gasteiger charge is 2.42. The summed E-state index contributed by atoms with van der Waals surface area (Å²) in [5.41, 5.74) is 0. The Hall–Kier alpha value is -0.510. The zero-order valence-corrected chi connectivity index (χ0v) is 11.1. The second-order valence-corrected chi connectivity index (χ2v) is 5.27. The summed E-state index contributed by atoms with van der Waals surface area (Å²) in [6, 6.07) is 0.360. The van der Waals surface area contributed by atoms with E-state index < -0.39 is 12.1 Å². The number of alkyl halides is 3. The summed E-state index contributed by atoms with van der Waals surface area (Å²) >= 11 is 0. The third-order valence-corrected chi connectivity index (χ3v) is 4.10. The molecule has 4 heteroatoms. The lowest BCUT2D eigenvalue weighted by atomic mass is 9.77. The minimum absolute atomic E-state index is 0.299. The van der Waals surface area contributed by atoms with E-state index in [0.717, 1.165) is 19.3 Å². The van der Waals surface area contributed by atoms with Crippen LogP contribution in [0.1, 0.15) is 44.9 Å². The molecular formula is C14H24F3N. The molecule has 1 atom stereocenters. The minimum atomic E-state index is -4.00. The predicted molar refractivity (Wildman–Crippen MR) is 68.4 cm³/mol. The standard InChI is InChI=1S/C14H24F3N/c1-3-4-5-6-13(18-2)11-7-9-12(10-8-11)14(15,16)17/h3,11-13,18H,1,4-10H2,2H3. The van der Waals surface area contributed by atoms with Gasteiger partial charge in [-0.3, -0.25) is 0 Å². The molecule has 0 aromatic carbocycles. The summed E-state index contributed by atoms with van der Waals surface area (Å²) < 4.78 is 37.7. The largest absolute Gasteiger partial charge is 0.391 e. The van der Waals surface area contributed by atoms with E-state index in [2.05, 4.69) is 11.9 Å². The SMILES string of the molecule is C=CCCCC(NC)C1CCC(C(F)(F)F)CC1. The Kier molecular flexibility index (Phi) is 6.19. The lowest BCUT2D eigenvalue weighted by molar-refractivity contribution is -0.184. The molecule has 0 aromatic rings. The van der Waals surface area contributed by atoms with Crippen molar-refractivity contribution >= 4 is 0 Å². The third kappa shape index (κ3) is 4.63. The summed E-state index contributed by atoms with van der Waals surface area (Å²) in [5.74, 6) is -0.669. The second kappa shape index (κ2) is 7.17. The molecule has 1 aliphatic carbocycles. The molecule has 1 rings (SSSR count). The van der Waals surface area contributed by atoms with Crippen molar-refractivity contribution in [3.63, 3.8) is 0 Å². The van der Waals surface area contributed by atoms with Gasteiger partial charge in [0.25, 0.3) is 0 Å². The van der Waals surface area contributed by atoms with Gasteiger partial charge >= 0.3 is 6.18 Å². The van der Waals surface area contributed by atoms with Gasteiger partial charge in [0.2, 0.25) is 0 Å². The van der Waals surface area contributed by atoms with Gasteiger partial charge in [-0.05, 0) is 57.9 Å². The molecule has 18 heavy (non-hydrogen) atoms. The van der Waals surface area contributed by atoms with E-state index in [1.54, 1.807) is 0 Å². The van der Waals surface area contributed by atoms with Crippen LogP contribution >= 0.6 is 0 Å². The van der Waals surface area contributed by atoms with Gasteiger partial charge in [-0.25, -0.2) is 0 Å². The summed E-state index contributed by atoms with van der Waals surface area (Å²) in [7, 11) is 1.91. The van der Waals surface area contributed by atoms with Gasteiger partial charge in [-0.2, -0.15) is 13.2 Å². The highest BCUT2D eigenvalue weighted by molar-refractivity contribution is 4.84. The second-order valence-electron chi connectivity index (χ2n) is 5.27. The topological polar surface area (TPSA) is 12.0 Å². The normalized spacial score (nSPS) is 26.9. The van der Waals surface area contributed by atoms with Crippen molar-refractivity contribution in [2.75, 3.05) is 7.05 Å². The number of hydrogen-bond donors (Lipinski definition) is 1. The quantitative estimate of drug-likeness (QED) is 0.556. The summed E-state index contributed by atoms with van der Waals surface area (Å²) in [6.45, 7) is 3.69. The van der Waals surface area contributed by atoms with Crippen LogP contribution in [0.4, 0.5) is 13.2 Å². The zero-order chi connectivity index (χ0) is 13.6. The molecule has 0 aliphatic heterocycles. The molecule has 0 radical (unpaired) electrons. The van der Waals surface area contributed by atoms with Crippen LogP contribution < -0.4 is 5.32 Å². The Morgan fingerprint density at radius 2 is 1.89 bits per heavy atom. The Morgan fingerprint density at radius 1 is 1.28 bits per heavy atom. The molecule has 0 aromatic heterocycles. The Labute approximate surface area is 108 Å². The van der Waals surface area contributed by atoms with Gasteiger partial charge in [0.05, 0.1) is 5.92 Å². The van der Waals surface area contributed by atoms with Crippen molar-refractivity contribution in [1.82, 2.24) is 5.32 Å². The minimum Gasteiger partial charge on any atom is -0.317 e. The first-order chi connectivity index (χ1) is 8.49. The molecule has 0 amide bonds. The first kappa shape index (κ1) is 15.5. The molecule has 1 saturated carbocycles. The molecular weight excluding hydrogens is 239 g/mol. The molecule has 0 saturated heterocycles. The number of rotatable bonds is 6. The molecule has 0 spiro atoms. The highest BCUT2D eigenvalue weighted by Crippen LogP contribution is 2.40. The van der Waals surface area contributed by atoms with Crippen LogP contribution in [0.3, 0.4) is 0 Å². The van der Waals surface area contributed by atoms with E-state index in [1.165, 1.54) is 0 Å². The van der Waals surface area contributed by atoms with Crippen molar-refractivity contribution in [3.05, 3.63) is 12.7 Å². The van der Waals surface area contributed by atoms with Crippen LogP contribution in [-0.4, -0.2) is 19.3 Å². The van der Waals surface area contributed by atoms with E-state index >= 15 is 0 Å². The van der Waals surface area contributed by atoms with Crippen LogP contribution in [0.5, 0.6) is 0 Å². The molecule has 106 valence electrons. The number of unbranched alkanes of at least 4 members (excludes halogenated alkanes) is 1. The molecule has 1 N–H and O–H groups in total. The fourth-order valence-corrected chi connectivity index (χ4v) is 2.95. The maximum absolute atomic E-state index is 12.6. The molecule has 1 unspecified atom stereocenters. The molecule has 0 bridgehead atoms. The molecule has 1 nitrogen and oxygen atoms in total. The highest BCUT2D eigenvalue weighted by atomic mass is 19.4. The average molecular weight is 263 g/mol. The fraction of sp³-hybridized carbons (Fsp3) is 0.857. The van der Waals surface area contributed by atoms with Crippen molar-refractivity contribution < 1.29 is 13.2 Å². The van der Waals surface area contributed by atoms with Gasteiger partial charge in [-0.15, -0.1) is 6.58 Å². The first-order valence-corrected chi connectivity index (χ1v) is 6.84. The maximum Gasteiger partial charge on any atom is 0.391 e. The molecule has 1 aliphatic rings. The summed E-state index contributed by atoms with van der Waals surface area (Å²) in [4.78, 5) is 0. The van der Waals surface area contributed by atoms with Crippen LogP contribution in [0, 0.1) is 11.8 Å². The lowest BCUT2D eigenvalue weighted by Crippen LogP contribution is -2.38. The van der Waals surface area contributed by atoms with Crippen LogP contribution in [0.15, 0.2) is 12.7 Å². The number of allylic oxidation sites excluding steroid dienone is 1. The van der Waals surface area contributed by atoms with Crippen LogP contribution in [0.2, 0.25) is 0 Å². The Bertz CT molecular complexity index is 242. The van der Waals surface area contributed by atoms with Gasteiger partial charge in [0, 0.05) is 6.04 Å². The zero-order valence-electron chi connectivity index (χ0n) is 11.1. The number of halogens is 3. The van der Waals surface area contributed by atoms with Crippen molar-refractivity contribution in [3.8, 4) is 0 Å². The number of nitrogens with one attached hydrogen (secondary N) is 1. The average Bonchev–Trinajstić information content (AvgIpc) is 2.34. The van der Waals surface area contributed by atoms with E-state index in [9.17, 15) is 13.2 Å². The van der Waals surface area contributed by atoms with Crippen molar-refractivity contribution in [2.45, 2.75) is 57.2 Å². The van der Waals surface area contributed by atoms with Crippen LogP contribution in [0.25, 0.3) is 0 Å². The van der Waals surface area contributed by atoms with Crippen molar-refractivity contribution in [2.24, 2.45) is 11.8 Å². The monoisotopic (exact) mass is 263 g/mol. The smallest absolute Gasteiger partial charge is 0.317 e. The molecule has 1 fully saturated rings. The predicted octanol–water partition coefficient (Wildman–Crippen LogP) is 4.30. The van der Waals surface area contributed by atoms with Crippen molar-refractivity contribution in [1.29, 1.82) is 0 Å². The van der Waals surface area contributed by atoms with E-state index in [0.29, 0.717) is 37.6 Å². The lowest BCUT2D eigenvalue weighted by Gasteiger charge is -2.34. The Balaban J connectivity index is 2.37. The van der Waals surface area contributed by atoms with Gasteiger partial charge in [-0.1, -0.05) is 6.08 Å². The third-order valence-electron chi connectivity index (χ3n) is 4.10. The summed E-state index contributed by atoms with van der Waals surface area (Å²) in [6.07, 6.45) is 2.97. The van der Waals surface area contributed by atoms with Crippen LogP contribution in [-0.2, 0) is 0 Å². The molecule has 0 heterocycles. The Morgan fingerprint density at radius 3 is 2.33 bits per heavy atom. The summed E-state index contributed by atoms with van der Waals surface area (Å²) in [5, 5.41) is 3.27. The van der Waals surface area contributed by atoms with E-state index in [1.807, 2.05) is 13.1 Å². The fourth-order valence-electron chi connectivity index (χ4n) is 2.95. The van der Waals surface area contributed by atoms with E-state index in [-0.39, 0.29) is 0 Å². The van der Waals surface area contributed by atoms with E-state index in [4.69, 9.17) is 0 Å². The van der Waals surface area contributed by atoms with Gasteiger partial charge in [0.1, 0.15) is 0 Å². The number of hydrogen-bond acceptors (Lipinski definition) is 1. The van der Waals surface area contributed by atoms with Gasteiger partial charge in [0.15, 0.2) is 0 Å². The maximum atomic E-state index is 12.6. The van der Waals surface area contributed by atoms with Gasteiger partial charge < -0.3 is 5.32 Å².